The number of hydrogen-bond donors (Lipinski definition) is 1. The van der Waals surface area contributed by atoms with Gasteiger partial charge in [0.05, 0.1) is 19.4 Å². The van der Waals surface area contributed by atoms with Gasteiger partial charge in [0, 0.05) is 0 Å². The van der Waals surface area contributed by atoms with Crippen LogP contribution < -0.4 is 19.5 Å². The molecule has 1 amide bonds. The molecule has 0 radical (unpaired) electrons. The van der Waals surface area contributed by atoms with E-state index in [9.17, 15) is 4.79 Å². The number of allylic oxidation sites excluding steroid dienone is 1. The second-order valence-electron chi connectivity index (χ2n) is 6.16. The molecule has 0 aromatic heterocycles. The lowest BCUT2D eigenvalue weighted by Crippen LogP contribution is -2.21. The lowest BCUT2D eigenvalue weighted by Gasteiger charge is -2.14. The van der Waals surface area contributed by atoms with Gasteiger partial charge in [-0.3, -0.25) is 4.79 Å². The molecule has 0 aliphatic heterocycles. The van der Waals surface area contributed by atoms with Crippen LogP contribution in [0.25, 0.3) is 0 Å². The quantitative estimate of drug-likeness (QED) is 0.625. The third-order valence-electron chi connectivity index (χ3n) is 3.84. The number of hydrogen-bond acceptors (Lipinski definition) is 4. The molecule has 27 heavy (non-hydrogen) atoms. The summed E-state index contributed by atoms with van der Waals surface area (Å²) in [6.45, 7) is 8.22. The van der Waals surface area contributed by atoms with E-state index in [1.807, 2.05) is 50.3 Å². The van der Waals surface area contributed by atoms with Gasteiger partial charge in [0.2, 0.25) is 0 Å². The maximum absolute atomic E-state index is 12.3. The minimum absolute atomic E-state index is 0.127. The zero-order valence-corrected chi connectivity index (χ0v) is 16.2. The molecule has 0 aliphatic rings. The Morgan fingerprint density at radius 1 is 1.11 bits per heavy atom. The number of ether oxygens (including phenoxy) is 3. The van der Waals surface area contributed by atoms with Gasteiger partial charge in [-0.25, -0.2) is 0 Å². The van der Waals surface area contributed by atoms with Crippen molar-refractivity contribution in [2.24, 2.45) is 0 Å². The predicted molar refractivity (Wildman–Crippen MR) is 108 cm³/mol. The molecular formula is C22H27NO4. The molecule has 0 fully saturated rings. The van der Waals surface area contributed by atoms with Crippen molar-refractivity contribution in [3.8, 4) is 17.2 Å². The zero-order valence-electron chi connectivity index (χ0n) is 16.2. The molecular weight excluding hydrogens is 342 g/mol. The van der Waals surface area contributed by atoms with Crippen molar-refractivity contribution in [2.75, 3.05) is 25.6 Å². The smallest absolute Gasteiger partial charge is 0.262 e. The molecule has 0 aliphatic carbocycles. The summed E-state index contributed by atoms with van der Waals surface area (Å²) < 4.78 is 16.7. The van der Waals surface area contributed by atoms with E-state index >= 15 is 0 Å². The number of aryl methyl sites for hydroxylation is 1. The van der Waals surface area contributed by atoms with Gasteiger partial charge in [-0.05, 0) is 55.2 Å². The number of carbonyl (C=O) groups excluding carboxylic acids is 1. The Balaban J connectivity index is 2.01. The molecule has 2 rings (SSSR count). The van der Waals surface area contributed by atoms with Crippen molar-refractivity contribution in [1.29, 1.82) is 0 Å². The minimum atomic E-state index is -0.266. The van der Waals surface area contributed by atoms with E-state index in [1.165, 1.54) is 0 Å². The van der Waals surface area contributed by atoms with Crippen LogP contribution in [0.4, 0.5) is 5.69 Å². The number of carbonyl (C=O) groups is 1. The fourth-order valence-corrected chi connectivity index (χ4v) is 2.52. The van der Waals surface area contributed by atoms with Crippen LogP contribution in [0.15, 0.2) is 49.1 Å². The number of methoxy groups -OCH3 is 1. The van der Waals surface area contributed by atoms with E-state index in [2.05, 4.69) is 11.9 Å². The van der Waals surface area contributed by atoms with Crippen LogP contribution >= 0.6 is 0 Å². The van der Waals surface area contributed by atoms with Crippen molar-refractivity contribution in [3.05, 3.63) is 60.2 Å². The van der Waals surface area contributed by atoms with Crippen LogP contribution in [0.3, 0.4) is 0 Å². The van der Waals surface area contributed by atoms with Crippen molar-refractivity contribution in [3.63, 3.8) is 0 Å². The number of nitrogens with one attached hydrogen (secondary N) is 1. The van der Waals surface area contributed by atoms with Crippen molar-refractivity contribution >= 4 is 11.6 Å². The Hall–Kier alpha value is -2.95. The van der Waals surface area contributed by atoms with E-state index in [4.69, 9.17) is 14.2 Å². The van der Waals surface area contributed by atoms with Crippen LogP contribution in [0.1, 0.15) is 24.5 Å². The van der Waals surface area contributed by atoms with Crippen molar-refractivity contribution in [1.82, 2.24) is 0 Å². The van der Waals surface area contributed by atoms with Gasteiger partial charge in [0.1, 0.15) is 5.75 Å². The van der Waals surface area contributed by atoms with Gasteiger partial charge in [0.15, 0.2) is 18.1 Å². The standard InChI is InChI=1S/C22H27NO4/c1-5-7-17-9-11-19(21(14-17)25-4)27-15-22(24)23-18-10-8-16(3)13-20(18)26-12-6-2/h5,8-11,13-14H,1,6-7,12,15H2,2-4H3,(H,23,24). The fourth-order valence-electron chi connectivity index (χ4n) is 2.52. The lowest BCUT2D eigenvalue weighted by atomic mass is 10.1. The molecule has 5 heteroatoms. The summed E-state index contributed by atoms with van der Waals surface area (Å²) in [6.07, 6.45) is 3.46. The summed E-state index contributed by atoms with van der Waals surface area (Å²) in [4.78, 5) is 12.3. The zero-order chi connectivity index (χ0) is 19.6. The number of rotatable bonds is 10. The molecule has 0 atom stereocenters. The van der Waals surface area contributed by atoms with E-state index in [0.717, 1.165) is 24.0 Å². The lowest BCUT2D eigenvalue weighted by molar-refractivity contribution is -0.118. The van der Waals surface area contributed by atoms with Crippen molar-refractivity contribution < 1.29 is 19.0 Å². The highest BCUT2D eigenvalue weighted by Crippen LogP contribution is 2.29. The summed E-state index contributed by atoms with van der Waals surface area (Å²) in [5, 5.41) is 2.84. The summed E-state index contributed by atoms with van der Waals surface area (Å²) in [5.41, 5.74) is 2.77. The van der Waals surface area contributed by atoms with Gasteiger partial charge < -0.3 is 19.5 Å². The van der Waals surface area contributed by atoms with Crippen LogP contribution in [0.5, 0.6) is 17.2 Å². The maximum Gasteiger partial charge on any atom is 0.262 e. The highest BCUT2D eigenvalue weighted by molar-refractivity contribution is 5.93. The number of benzene rings is 2. The van der Waals surface area contributed by atoms with Gasteiger partial charge >= 0.3 is 0 Å². The highest BCUT2D eigenvalue weighted by atomic mass is 16.5. The van der Waals surface area contributed by atoms with E-state index in [1.54, 1.807) is 13.2 Å². The first kappa shape index (κ1) is 20.4. The molecule has 5 nitrogen and oxygen atoms in total. The number of amides is 1. The largest absolute Gasteiger partial charge is 0.493 e. The fraction of sp³-hybridized carbons (Fsp3) is 0.318. The third-order valence-corrected chi connectivity index (χ3v) is 3.84. The Morgan fingerprint density at radius 3 is 2.63 bits per heavy atom. The molecule has 144 valence electrons. The topological polar surface area (TPSA) is 56.8 Å². The summed E-state index contributed by atoms with van der Waals surface area (Å²) in [6, 6.07) is 11.3. The highest BCUT2D eigenvalue weighted by Gasteiger charge is 2.11. The average molecular weight is 369 g/mol. The SMILES string of the molecule is C=CCc1ccc(OCC(=O)Nc2ccc(C)cc2OCCC)c(OC)c1. The van der Waals surface area contributed by atoms with E-state index < -0.39 is 0 Å². The first-order valence-corrected chi connectivity index (χ1v) is 9.01. The molecule has 2 aromatic carbocycles. The molecule has 1 N–H and O–H groups in total. The van der Waals surface area contributed by atoms with Gasteiger partial charge in [-0.2, -0.15) is 0 Å². The first-order chi connectivity index (χ1) is 13.1. The Kier molecular flexibility index (Phi) is 7.74. The van der Waals surface area contributed by atoms with Crippen LogP contribution in [-0.4, -0.2) is 26.2 Å². The molecule has 2 aromatic rings. The predicted octanol–water partition coefficient (Wildman–Crippen LogP) is 4.54. The van der Waals surface area contributed by atoms with Crippen LogP contribution in [-0.2, 0) is 11.2 Å². The monoisotopic (exact) mass is 369 g/mol. The number of anilines is 1. The molecule has 0 heterocycles. The molecule has 0 saturated carbocycles. The van der Waals surface area contributed by atoms with E-state index in [0.29, 0.717) is 29.5 Å². The van der Waals surface area contributed by atoms with Crippen LogP contribution in [0, 0.1) is 6.92 Å². The Morgan fingerprint density at radius 2 is 1.93 bits per heavy atom. The van der Waals surface area contributed by atoms with E-state index in [-0.39, 0.29) is 12.5 Å². The van der Waals surface area contributed by atoms with Crippen molar-refractivity contribution in [2.45, 2.75) is 26.7 Å². The normalized spacial score (nSPS) is 10.2. The molecule has 0 unspecified atom stereocenters. The van der Waals surface area contributed by atoms with Gasteiger partial charge in [-0.1, -0.05) is 25.1 Å². The second kappa shape index (κ2) is 10.3. The maximum atomic E-state index is 12.3. The Labute approximate surface area is 161 Å². The first-order valence-electron chi connectivity index (χ1n) is 9.01. The second-order valence-corrected chi connectivity index (χ2v) is 6.16. The summed E-state index contributed by atoms with van der Waals surface area (Å²) >= 11 is 0. The average Bonchev–Trinajstić information content (AvgIpc) is 2.67. The van der Waals surface area contributed by atoms with Gasteiger partial charge in [0.25, 0.3) is 5.91 Å². The summed E-state index contributed by atoms with van der Waals surface area (Å²) in [7, 11) is 1.57. The van der Waals surface area contributed by atoms with Gasteiger partial charge in [-0.15, -0.1) is 6.58 Å². The third kappa shape index (κ3) is 6.06. The summed E-state index contributed by atoms with van der Waals surface area (Å²) in [5.74, 6) is 1.50. The molecule has 0 bridgehead atoms. The molecule has 0 spiro atoms. The Bertz CT molecular complexity index is 786. The van der Waals surface area contributed by atoms with Crippen LogP contribution in [0.2, 0.25) is 0 Å². The minimum Gasteiger partial charge on any atom is -0.493 e. The molecule has 0 saturated heterocycles.